The van der Waals surface area contributed by atoms with Gasteiger partial charge in [-0.2, -0.15) is 4.31 Å². The quantitative estimate of drug-likeness (QED) is 0.767. The number of nitrogens with zero attached hydrogens (tertiary/aromatic N) is 1. The van der Waals surface area contributed by atoms with Gasteiger partial charge in [-0.1, -0.05) is 6.07 Å². The van der Waals surface area contributed by atoms with Gasteiger partial charge in [0.25, 0.3) is 0 Å². The molecule has 6 nitrogen and oxygen atoms in total. The third-order valence-corrected chi connectivity index (χ3v) is 4.18. The number of carbonyl (C=O) groups is 1. The van der Waals surface area contributed by atoms with Crippen LogP contribution < -0.4 is 11.1 Å². The van der Waals surface area contributed by atoms with Crippen LogP contribution in [0.5, 0.6) is 0 Å². The standard InChI is InChI=1S/C12H19N3O3S/c1-9(2)14-12(16)8-15(3)19(17,18)11-6-4-5-10(13)7-11/h4-7,9H,8,13H2,1-3H3,(H,14,16). The topological polar surface area (TPSA) is 92.5 Å². The highest BCUT2D eigenvalue weighted by atomic mass is 32.2. The summed E-state index contributed by atoms with van der Waals surface area (Å²) in [6.07, 6.45) is 0. The number of sulfonamides is 1. The number of amides is 1. The van der Waals surface area contributed by atoms with Crippen molar-refractivity contribution in [3.8, 4) is 0 Å². The van der Waals surface area contributed by atoms with Gasteiger partial charge in [-0.25, -0.2) is 8.42 Å². The summed E-state index contributed by atoms with van der Waals surface area (Å²) in [6.45, 7) is 3.39. The highest BCUT2D eigenvalue weighted by Gasteiger charge is 2.23. The van der Waals surface area contributed by atoms with E-state index in [2.05, 4.69) is 5.32 Å². The number of carbonyl (C=O) groups excluding carboxylic acids is 1. The Balaban J connectivity index is 2.86. The number of hydrogen-bond donors (Lipinski definition) is 2. The first-order valence-electron chi connectivity index (χ1n) is 5.84. The van der Waals surface area contributed by atoms with Gasteiger partial charge in [0, 0.05) is 18.8 Å². The van der Waals surface area contributed by atoms with Gasteiger partial charge in [-0.15, -0.1) is 0 Å². The molecule has 1 aromatic carbocycles. The molecule has 0 saturated heterocycles. The van der Waals surface area contributed by atoms with Gasteiger partial charge >= 0.3 is 0 Å². The van der Waals surface area contributed by atoms with Gasteiger partial charge < -0.3 is 11.1 Å². The molecule has 0 heterocycles. The third kappa shape index (κ3) is 4.22. The molecule has 0 fully saturated rings. The van der Waals surface area contributed by atoms with Gasteiger partial charge in [0.05, 0.1) is 11.4 Å². The first kappa shape index (κ1) is 15.5. The monoisotopic (exact) mass is 285 g/mol. The molecule has 0 aromatic heterocycles. The molecule has 0 unspecified atom stereocenters. The van der Waals surface area contributed by atoms with Crippen LogP contribution in [-0.4, -0.2) is 38.3 Å². The first-order valence-corrected chi connectivity index (χ1v) is 7.28. The zero-order chi connectivity index (χ0) is 14.6. The van der Waals surface area contributed by atoms with E-state index < -0.39 is 10.0 Å². The molecule has 106 valence electrons. The number of anilines is 1. The molecule has 19 heavy (non-hydrogen) atoms. The van der Waals surface area contributed by atoms with E-state index in [0.29, 0.717) is 5.69 Å². The Bertz CT molecular complexity index is 555. The van der Waals surface area contributed by atoms with Crippen molar-refractivity contribution in [3.05, 3.63) is 24.3 Å². The molecule has 1 rings (SSSR count). The second-order valence-electron chi connectivity index (χ2n) is 4.56. The summed E-state index contributed by atoms with van der Waals surface area (Å²) >= 11 is 0. The fourth-order valence-corrected chi connectivity index (χ4v) is 2.69. The number of nitrogen functional groups attached to an aromatic ring is 1. The highest BCUT2D eigenvalue weighted by Crippen LogP contribution is 2.16. The van der Waals surface area contributed by atoms with Crippen LogP contribution in [0.15, 0.2) is 29.2 Å². The molecule has 0 spiro atoms. The van der Waals surface area contributed by atoms with Crippen LogP contribution in [0.2, 0.25) is 0 Å². The van der Waals surface area contributed by atoms with E-state index in [-0.39, 0.29) is 23.4 Å². The van der Waals surface area contributed by atoms with Gasteiger partial charge in [0.2, 0.25) is 15.9 Å². The van der Waals surface area contributed by atoms with Crippen LogP contribution in [0.25, 0.3) is 0 Å². The van der Waals surface area contributed by atoms with Gasteiger partial charge in [0.1, 0.15) is 0 Å². The Morgan fingerprint density at radius 1 is 1.42 bits per heavy atom. The normalized spacial score (nSPS) is 11.8. The van der Waals surface area contributed by atoms with Crippen LogP contribution in [0.1, 0.15) is 13.8 Å². The van der Waals surface area contributed by atoms with E-state index in [1.165, 1.54) is 19.2 Å². The average Bonchev–Trinajstić information content (AvgIpc) is 2.27. The second kappa shape index (κ2) is 6.03. The molecule has 0 aliphatic carbocycles. The van der Waals surface area contributed by atoms with Gasteiger partial charge in [0.15, 0.2) is 0 Å². The van der Waals surface area contributed by atoms with Crippen LogP contribution in [0, 0.1) is 0 Å². The van der Waals surface area contributed by atoms with Crippen molar-refractivity contribution in [2.75, 3.05) is 19.3 Å². The average molecular weight is 285 g/mol. The number of nitrogens with one attached hydrogen (secondary N) is 1. The van der Waals surface area contributed by atoms with E-state index in [4.69, 9.17) is 5.73 Å². The summed E-state index contributed by atoms with van der Waals surface area (Å²) in [7, 11) is -2.34. The van der Waals surface area contributed by atoms with Crippen molar-refractivity contribution in [1.82, 2.24) is 9.62 Å². The fraction of sp³-hybridized carbons (Fsp3) is 0.417. The Labute approximate surface area is 113 Å². The molecule has 3 N–H and O–H groups in total. The highest BCUT2D eigenvalue weighted by molar-refractivity contribution is 7.89. The largest absolute Gasteiger partial charge is 0.399 e. The summed E-state index contributed by atoms with van der Waals surface area (Å²) in [6, 6.07) is 5.94. The SMILES string of the molecule is CC(C)NC(=O)CN(C)S(=O)(=O)c1cccc(N)c1. The molecular formula is C12H19N3O3S. The summed E-state index contributed by atoms with van der Waals surface area (Å²) in [4.78, 5) is 11.6. The van der Waals surface area contributed by atoms with E-state index in [0.717, 1.165) is 4.31 Å². The number of likely N-dealkylation sites (N-methyl/N-ethyl adjacent to an activating group) is 1. The Morgan fingerprint density at radius 3 is 2.58 bits per heavy atom. The maximum Gasteiger partial charge on any atom is 0.243 e. The van der Waals surface area contributed by atoms with Crippen LogP contribution in [0.4, 0.5) is 5.69 Å². The fourth-order valence-electron chi connectivity index (χ4n) is 1.51. The molecule has 0 radical (unpaired) electrons. The minimum Gasteiger partial charge on any atom is -0.399 e. The summed E-state index contributed by atoms with van der Waals surface area (Å²) in [5.41, 5.74) is 5.92. The molecular weight excluding hydrogens is 266 g/mol. The minimum atomic E-state index is -3.70. The molecule has 0 saturated carbocycles. The van der Waals surface area contributed by atoms with E-state index in [1.807, 2.05) is 13.8 Å². The second-order valence-corrected chi connectivity index (χ2v) is 6.60. The van der Waals surface area contributed by atoms with Crippen molar-refractivity contribution >= 4 is 21.6 Å². The van der Waals surface area contributed by atoms with Crippen molar-refractivity contribution in [3.63, 3.8) is 0 Å². The van der Waals surface area contributed by atoms with Crippen molar-refractivity contribution in [1.29, 1.82) is 0 Å². The zero-order valence-corrected chi connectivity index (χ0v) is 12.1. The molecule has 0 aliphatic rings. The number of benzene rings is 1. The molecule has 0 bridgehead atoms. The maximum atomic E-state index is 12.2. The summed E-state index contributed by atoms with van der Waals surface area (Å²) in [5, 5.41) is 2.64. The summed E-state index contributed by atoms with van der Waals surface area (Å²) in [5.74, 6) is -0.343. The van der Waals surface area contributed by atoms with E-state index in [9.17, 15) is 13.2 Å². The van der Waals surface area contributed by atoms with E-state index >= 15 is 0 Å². The third-order valence-electron chi connectivity index (χ3n) is 2.38. The predicted octanol–water partition coefficient (Wildman–Crippen LogP) is 0.414. The lowest BCUT2D eigenvalue weighted by Gasteiger charge is -2.18. The molecule has 0 aliphatic heterocycles. The van der Waals surface area contributed by atoms with Crippen molar-refractivity contribution in [2.24, 2.45) is 0 Å². The molecule has 1 amide bonds. The lowest BCUT2D eigenvalue weighted by Crippen LogP contribution is -2.40. The lowest BCUT2D eigenvalue weighted by molar-refractivity contribution is -0.121. The maximum absolute atomic E-state index is 12.2. The number of hydrogen-bond acceptors (Lipinski definition) is 4. The van der Waals surface area contributed by atoms with Crippen molar-refractivity contribution in [2.45, 2.75) is 24.8 Å². The zero-order valence-electron chi connectivity index (χ0n) is 11.3. The lowest BCUT2D eigenvalue weighted by atomic mass is 10.3. The van der Waals surface area contributed by atoms with Gasteiger partial charge in [-0.3, -0.25) is 4.79 Å². The molecule has 0 atom stereocenters. The Kier molecular flexibility index (Phi) is 4.90. The van der Waals surface area contributed by atoms with Crippen LogP contribution in [-0.2, 0) is 14.8 Å². The molecule has 1 aromatic rings. The molecule has 7 heteroatoms. The first-order chi connectivity index (χ1) is 8.73. The summed E-state index contributed by atoms with van der Waals surface area (Å²) < 4.78 is 25.4. The number of nitrogens with two attached hydrogens (primary N) is 1. The Hall–Kier alpha value is -1.60. The van der Waals surface area contributed by atoms with Crippen LogP contribution >= 0.6 is 0 Å². The van der Waals surface area contributed by atoms with Gasteiger partial charge in [-0.05, 0) is 32.0 Å². The minimum absolute atomic E-state index is 0.0315. The predicted molar refractivity (Wildman–Crippen MR) is 73.9 cm³/mol. The Morgan fingerprint density at radius 2 is 2.05 bits per heavy atom. The van der Waals surface area contributed by atoms with E-state index in [1.54, 1.807) is 12.1 Å². The van der Waals surface area contributed by atoms with Crippen molar-refractivity contribution < 1.29 is 13.2 Å². The smallest absolute Gasteiger partial charge is 0.243 e. The number of rotatable bonds is 5. The van der Waals surface area contributed by atoms with Crippen LogP contribution in [0.3, 0.4) is 0 Å².